The van der Waals surface area contributed by atoms with Gasteiger partial charge in [-0.15, -0.1) is 0 Å². The lowest BCUT2D eigenvalue weighted by molar-refractivity contribution is -0.151. The summed E-state index contributed by atoms with van der Waals surface area (Å²) in [6, 6.07) is -1.74. The van der Waals surface area contributed by atoms with Gasteiger partial charge in [0.1, 0.15) is 18.2 Å². The first kappa shape index (κ1) is 17.2. The normalized spacial score (nSPS) is 27.1. The van der Waals surface area contributed by atoms with Crippen molar-refractivity contribution in [1.82, 2.24) is 9.80 Å². The second-order valence-electron chi connectivity index (χ2n) is 5.76. The third-order valence-corrected chi connectivity index (χ3v) is 4.20. The minimum absolute atomic E-state index is 0.0243. The van der Waals surface area contributed by atoms with Crippen LogP contribution in [0.15, 0.2) is 0 Å². The van der Waals surface area contributed by atoms with E-state index in [-0.39, 0.29) is 25.4 Å². The molecule has 2 heterocycles. The van der Waals surface area contributed by atoms with E-state index in [1.807, 2.05) is 0 Å². The van der Waals surface area contributed by atoms with Crippen LogP contribution in [0.25, 0.3) is 0 Å². The van der Waals surface area contributed by atoms with Crippen molar-refractivity contribution in [3.05, 3.63) is 0 Å². The number of carbonyl (C=O) groups is 4. The van der Waals surface area contributed by atoms with Gasteiger partial charge in [0.05, 0.1) is 13.1 Å². The Hall–Kier alpha value is -2.16. The fourth-order valence-corrected chi connectivity index (χ4v) is 3.23. The van der Waals surface area contributed by atoms with E-state index in [9.17, 15) is 24.3 Å². The lowest BCUT2D eigenvalue weighted by Gasteiger charge is -2.29. The first-order chi connectivity index (χ1) is 10.8. The third kappa shape index (κ3) is 3.61. The van der Waals surface area contributed by atoms with Gasteiger partial charge in [-0.25, -0.2) is 4.79 Å². The fourth-order valence-electron chi connectivity index (χ4n) is 3.23. The van der Waals surface area contributed by atoms with E-state index in [1.165, 1.54) is 16.7 Å². The first-order valence-corrected chi connectivity index (χ1v) is 7.55. The zero-order chi connectivity index (χ0) is 17.1. The summed E-state index contributed by atoms with van der Waals surface area (Å²) in [5.41, 5.74) is 5.35. The summed E-state index contributed by atoms with van der Waals surface area (Å²) in [5.74, 6) is -2.42. The Morgan fingerprint density at radius 3 is 2.48 bits per heavy atom. The molecule has 2 rings (SSSR count). The minimum atomic E-state index is -1.15. The molecule has 0 saturated carbocycles. The van der Waals surface area contributed by atoms with Crippen molar-refractivity contribution >= 4 is 23.8 Å². The van der Waals surface area contributed by atoms with Crippen molar-refractivity contribution in [2.45, 2.75) is 44.4 Å². The molecule has 2 aliphatic rings. The van der Waals surface area contributed by atoms with Crippen LogP contribution in [0.1, 0.15) is 26.2 Å². The smallest absolute Gasteiger partial charge is 0.326 e. The molecule has 2 aliphatic heterocycles. The average Bonchev–Trinajstić information content (AvgIpc) is 3.11. The van der Waals surface area contributed by atoms with Crippen LogP contribution in [-0.4, -0.2) is 76.5 Å². The van der Waals surface area contributed by atoms with E-state index in [4.69, 9.17) is 10.5 Å². The second kappa shape index (κ2) is 6.95. The molecule has 0 spiro atoms. The lowest BCUT2D eigenvalue weighted by Crippen LogP contribution is -2.52. The van der Waals surface area contributed by atoms with Gasteiger partial charge in [-0.1, -0.05) is 0 Å². The number of likely N-dealkylation sites (tertiary alicyclic amines) is 2. The Balaban J connectivity index is 2.14. The Morgan fingerprint density at radius 2 is 1.91 bits per heavy atom. The maximum atomic E-state index is 12.7. The molecule has 1 unspecified atom stereocenters. The first-order valence-electron chi connectivity index (χ1n) is 7.55. The lowest BCUT2D eigenvalue weighted by atomic mass is 10.1. The van der Waals surface area contributed by atoms with Gasteiger partial charge in [0.2, 0.25) is 11.8 Å². The topological polar surface area (TPSA) is 130 Å². The van der Waals surface area contributed by atoms with Crippen molar-refractivity contribution in [3.63, 3.8) is 0 Å². The van der Waals surface area contributed by atoms with E-state index in [0.717, 1.165) is 0 Å². The number of rotatable bonds is 4. The molecule has 3 N–H and O–H groups in total. The summed E-state index contributed by atoms with van der Waals surface area (Å²) in [4.78, 5) is 49.6. The van der Waals surface area contributed by atoms with E-state index < -0.39 is 36.0 Å². The highest BCUT2D eigenvalue weighted by molar-refractivity contribution is 5.91. The number of carboxylic acids is 1. The summed E-state index contributed by atoms with van der Waals surface area (Å²) in [7, 11) is 0. The van der Waals surface area contributed by atoms with Gasteiger partial charge in [-0.05, 0) is 12.8 Å². The Morgan fingerprint density at radius 1 is 1.22 bits per heavy atom. The molecule has 23 heavy (non-hydrogen) atoms. The predicted molar refractivity (Wildman–Crippen MR) is 77.1 cm³/mol. The Bertz CT molecular complexity index is 523. The van der Waals surface area contributed by atoms with Crippen molar-refractivity contribution in [2.24, 2.45) is 5.73 Å². The quantitative estimate of drug-likeness (QED) is 0.604. The number of hydrogen-bond acceptors (Lipinski definition) is 6. The molecule has 0 aromatic carbocycles. The molecule has 2 amide bonds. The second-order valence-corrected chi connectivity index (χ2v) is 5.76. The molecule has 128 valence electrons. The molecule has 0 bridgehead atoms. The number of hydrogen-bond donors (Lipinski definition) is 2. The van der Waals surface area contributed by atoms with Crippen LogP contribution in [0.5, 0.6) is 0 Å². The molecule has 3 atom stereocenters. The van der Waals surface area contributed by atoms with Crippen LogP contribution in [0, 0.1) is 0 Å². The third-order valence-electron chi connectivity index (χ3n) is 4.20. The van der Waals surface area contributed by atoms with Crippen LogP contribution in [0.3, 0.4) is 0 Å². The van der Waals surface area contributed by atoms with Crippen LogP contribution >= 0.6 is 0 Å². The van der Waals surface area contributed by atoms with Crippen LogP contribution in [-0.2, 0) is 23.9 Å². The largest absolute Gasteiger partial charge is 0.480 e. The maximum Gasteiger partial charge on any atom is 0.326 e. The highest BCUT2D eigenvalue weighted by atomic mass is 16.5. The molecule has 0 aliphatic carbocycles. The van der Waals surface area contributed by atoms with E-state index >= 15 is 0 Å². The van der Waals surface area contributed by atoms with Gasteiger partial charge in [0, 0.05) is 19.9 Å². The van der Waals surface area contributed by atoms with Crippen molar-refractivity contribution < 1.29 is 29.0 Å². The monoisotopic (exact) mass is 327 g/mol. The van der Waals surface area contributed by atoms with Crippen molar-refractivity contribution in [1.29, 1.82) is 0 Å². The van der Waals surface area contributed by atoms with Gasteiger partial charge < -0.3 is 25.4 Å². The SMILES string of the molecule is CC(=O)OC1C[C@@H](C(=O)O)N(C(=O)[C@@H]2CCCN2C(=O)CN)C1. The Kier molecular flexibility index (Phi) is 5.19. The molecule has 2 saturated heterocycles. The number of nitrogens with two attached hydrogens (primary N) is 1. The number of amides is 2. The van der Waals surface area contributed by atoms with E-state index in [2.05, 4.69) is 0 Å². The number of carbonyl (C=O) groups excluding carboxylic acids is 3. The number of nitrogens with zero attached hydrogens (tertiary/aromatic N) is 2. The molecule has 2 fully saturated rings. The Labute approximate surface area is 133 Å². The van der Waals surface area contributed by atoms with Gasteiger partial charge in [-0.2, -0.15) is 0 Å². The number of ether oxygens (including phenoxy) is 1. The summed E-state index contributed by atoms with van der Waals surface area (Å²) in [5, 5.41) is 9.31. The molecular formula is C14H21N3O6. The van der Waals surface area contributed by atoms with E-state index in [0.29, 0.717) is 19.4 Å². The molecule has 0 radical (unpaired) electrons. The predicted octanol–water partition coefficient (Wildman–Crippen LogP) is -1.45. The van der Waals surface area contributed by atoms with Crippen LogP contribution in [0.4, 0.5) is 0 Å². The molecule has 0 aromatic rings. The standard InChI is InChI=1S/C14H21N3O6/c1-8(18)23-9-5-11(14(21)22)17(7-9)13(20)10-3-2-4-16(10)12(19)6-15/h9-11H,2-7,15H2,1H3,(H,21,22)/t9?,10-,11-/m0/s1. The molecule has 0 aromatic heterocycles. The highest BCUT2D eigenvalue weighted by Gasteiger charge is 2.45. The average molecular weight is 327 g/mol. The number of esters is 1. The van der Waals surface area contributed by atoms with Gasteiger partial charge >= 0.3 is 11.9 Å². The maximum absolute atomic E-state index is 12.7. The van der Waals surface area contributed by atoms with Crippen molar-refractivity contribution in [3.8, 4) is 0 Å². The van der Waals surface area contributed by atoms with Crippen LogP contribution in [0.2, 0.25) is 0 Å². The van der Waals surface area contributed by atoms with Gasteiger partial charge in [-0.3, -0.25) is 14.4 Å². The van der Waals surface area contributed by atoms with Gasteiger partial charge in [0.25, 0.3) is 0 Å². The fraction of sp³-hybridized carbons (Fsp3) is 0.714. The van der Waals surface area contributed by atoms with E-state index in [1.54, 1.807) is 0 Å². The summed E-state index contributed by atoms with van der Waals surface area (Å²) < 4.78 is 5.03. The molecule has 9 nitrogen and oxygen atoms in total. The number of aliphatic carboxylic acids is 1. The van der Waals surface area contributed by atoms with Crippen molar-refractivity contribution in [2.75, 3.05) is 19.6 Å². The zero-order valence-electron chi connectivity index (χ0n) is 12.9. The summed E-state index contributed by atoms with van der Waals surface area (Å²) in [6.45, 7) is 1.50. The zero-order valence-corrected chi connectivity index (χ0v) is 12.9. The molecule has 9 heteroatoms. The highest BCUT2D eigenvalue weighted by Crippen LogP contribution is 2.26. The minimum Gasteiger partial charge on any atom is -0.480 e. The summed E-state index contributed by atoms with van der Waals surface area (Å²) in [6.07, 6.45) is 0.558. The molecular weight excluding hydrogens is 306 g/mol. The number of carboxylic acid groups (broad SMARTS) is 1. The summed E-state index contributed by atoms with van der Waals surface area (Å²) >= 11 is 0. The van der Waals surface area contributed by atoms with Crippen LogP contribution < -0.4 is 5.73 Å². The van der Waals surface area contributed by atoms with Gasteiger partial charge in [0.15, 0.2) is 0 Å².